The molecule has 0 aliphatic heterocycles. The fraction of sp³-hybridized carbons (Fsp3) is 0.217. The van der Waals surface area contributed by atoms with Crippen LogP contribution >= 0.6 is 39.1 Å². The highest BCUT2D eigenvalue weighted by atomic mass is 79.9. The largest absolute Gasteiger partial charge is 0.112 e. The first kappa shape index (κ1) is 18.4. The molecule has 2 atom stereocenters. The predicted molar refractivity (Wildman–Crippen MR) is 123 cm³/mol. The average molecular weight is 489 g/mol. The lowest BCUT2D eigenvalue weighted by Crippen LogP contribution is -2.34. The average Bonchev–Trinajstić information content (AvgIpc) is 3.17. The van der Waals surface area contributed by atoms with E-state index in [1.807, 2.05) is 0 Å². The molecule has 0 radical (unpaired) electrons. The molecule has 0 saturated heterocycles. The lowest BCUT2D eigenvalue weighted by atomic mass is 10.3. The van der Waals surface area contributed by atoms with E-state index >= 15 is 0 Å². The van der Waals surface area contributed by atoms with Gasteiger partial charge in [-0.2, -0.15) is 0 Å². The molecule has 4 rings (SSSR count). The standard InChI is InChI=1S/C23H22Br2P/c1-18-22(23(18,24)25)17-26(19-11-5-2-6-12-19,20-13-7-3-8-14-20)21-15-9-4-10-16-21/h2-16,18,22H,17H2,1H3/q+1. The number of rotatable bonds is 5. The molecule has 0 heterocycles. The molecule has 0 aromatic heterocycles. The van der Waals surface area contributed by atoms with Gasteiger partial charge in [-0.3, -0.25) is 0 Å². The maximum absolute atomic E-state index is 3.92. The van der Waals surface area contributed by atoms with Crippen LogP contribution in [0, 0.1) is 11.8 Å². The molecular formula is C23H22Br2P+. The summed E-state index contributed by atoms with van der Waals surface area (Å²) < 4.78 is 0.0730. The Morgan fingerprint density at radius 3 is 1.27 bits per heavy atom. The van der Waals surface area contributed by atoms with Gasteiger partial charge in [-0.1, -0.05) is 93.4 Å². The van der Waals surface area contributed by atoms with Crippen molar-refractivity contribution in [3.05, 3.63) is 91.0 Å². The van der Waals surface area contributed by atoms with Crippen molar-refractivity contribution in [2.45, 2.75) is 10.2 Å². The number of benzene rings is 3. The molecule has 2 unspecified atom stereocenters. The van der Waals surface area contributed by atoms with Crippen molar-refractivity contribution in [3.63, 3.8) is 0 Å². The number of hydrogen-bond donors (Lipinski definition) is 0. The zero-order valence-electron chi connectivity index (χ0n) is 14.7. The monoisotopic (exact) mass is 487 g/mol. The molecule has 1 aliphatic carbocycles. The van der Waals surface area contributed by atoms with Gasteiger partial charge in [0.15, 0.2) is 0 Å². The second-order valence-electron chi connectivity index (χ2n) is 7.07. The van der Waals surface area contributed by atoms with Crippen molar-refractivity contribution in [3.8, 4) is 0 Å². The van der Waals surface area contributed by atoms with Crippen molar-refractivity contribution in [1.82, 2.24) is 0 Å². The summed E-state index contributed by atoms with van der Waals surface area (Å²) in [5.74, 6) is 1.23. The Morgan fingerprint density at radius 2 is 1.00 bits per heavy atom. The highest BCUT2D eigenvalue weighted by Gasteiger charge is 2.64. The molecule has 0 spiro atoms. The van der Waals surface area contributed by atoms with Crippen LogP contribution in [0.2, 0.25) is 0 Å². The van der Waals surface area contributed by atoms with E-state index in [0.717, 1.165) is 0 Å². The highest BCUT2D eigenvalue weighted by Crippen LogP contribution is 2.69. The van der Waals surface area contributed by atoms with E-state index in [0.29, 0.717) is 11.8 Å². The van der Waals surface area contributed by atoms with Crippen molar-refractivity contribution < 1.29 is 0 Å². The number of halogens is 2. The highest BCUT2D eigenvalue weighted by molar-refractivity contribution is 9.25. The van der Waals surface area contributed by atoms with Crippen LogP contribution in [0.25, 0.3) is 0 Å². The van der Waals surface area contributed by atoms with Gasteiger partial charge in [-0.25, -0.2) is 0 Å². The lowest BCUT2D eigenvalue weighted by Gasteiger charge is -2.28. The molecule has 0 N–H and O–H groups in total. The molecule has 3 aromatic carbocycles. The van der Waals surface area contributed by atoms with Crippen molar-refractivity contribution in [1.29, 1.82) is 0 Å². The van der Waals surface area contributed by atoms with E-state index in [4.69, 9.17) is 0 Å². The van der Waals surface area contributed by atoms with Gasteiger partial charge in [-0.15, -0.1) is 0 Å². The summed E-state index contributed by atoms with van der Waals surface area (Å²) in [4.78, 5) is 0. The third-order valence-corrected chi connectivity index (χ3v) is 12.8. The van der Waals surface area contributed by atoms with Crippen molar-refractivity contribution in [2.75, 3.05) is 6.16 Å². The predicted octanol–water partition coefficient (Wildman–Crippen LogP) is 5.73. The topological polar surface area (TPSA) is 0 Å². The second kappa shape index (κ2) is 7.23. The SMILES string of the molecule is CC1C(C[P+](c2ccccc2)(c2ccccc2)c2ccccc2)C1(Br)Br. The lowest BCUT2D eigenvalue weighted by molar-refractivity contribution is 0.841. The summed E-state index contributed by atoms with van der Waals surface area (Å²) >= 11 is 7.85. The van der Waals surface area contributed by atoms with E-state index in [2.05, 4.69) is 130 Å². The minimum absolute atomic E-state index is 0.0730. The maximum atomic E-state index is 3.92. The van der Waals surface area contributed by atoms with Crippen LogP contribution in [0.1, 0.15) is 6.92 Å². The number of alkyl halides is 2. The van der Waals surface area contributed by atoms with Gasteiger partial charge in [0.25, 0.3) is 0 Å². The first-order valence-electron chi connectivity index (χ1n) is 8.99. The molecule has 132 valence electrons. The van der Waals surface area contributed by atoms with Gasteiger partial charge in [0.2, 0.25) is 0 Å². The fourth-order valence-corrected chi connectivity index (χ4v) is 10.7. The van der Waals surface area contributed by atoms with E-state index in [1.54, 1.807) is 0 Å². The third kappa shape index (κ3) is 3.11. The van der Waals surface area contributed by atoms with Gasteiger partial charge in [0.05, 0.1) is 9.40 Å². The van der Waals surface area contributed by atoms with E-state index < -0.39 is 7.26 Å². The van der Waals surface area contributed by atoms with Crippen LogP contribution in [0.5, 0.6) is 0 Å². The Bertz CT molecular complexity index is 766. The molecule has 1 saturated carbocycles. The first-order valence-corrected chi connectivity index (χ1v) is 12.6. The fourth-order valence-electron chi connectivity index (χ4n) is 3.95. The van der Waals surface area contributed by atoms with Crippen LogP contribution in [-0.2, 0) is 0 Å². The maximum Gasteiger partial charge on any atom is 0.112 e. The van der Waals surface area contributed by atoms with Crippen LogP contribution < -0.4 is 15.9 Å². The second-order valence-corrected chi connectivity index (χ2v) is 14.3. The normalized spacial score (nSPS) is 21.3. The summed E-state index contributed by atoms with van der Waals surface area (Å²) in [6.07, 6.45) is 1.17. The molecule has 0 amide bonds. The summed E-state index contributed by atoms with van der Waals surface area (Å²) in [6, 6.07) is 33.4. The van der Waals surface area contributed by atoms with Gasteiger partial charge in [0.1, 0.15) is 23.2 Å². The zero-order chi connectivity index (χ0) is 18.2. The summed E-state index contributed by atoms with van der Waals surface area (Å²) in [6.45, 7) is 2.34. The van der Waals surface area contributed by atoms with Gasteiger partial charge in [0, 0.05) is 5.92 Å². The van der Waals surface area contributed by atoms with Crippen LogP contribution in [0.3, 0.4) is 0 Å². The van der Waals surface area contributed by atoms with Crippen molar-refractivity contribution in [2.24, 2.45) is 11.8 Å². The zero-order valence-corrected chi connectivity index (χ0v) is 18.8. The molecule has 0 bridgehead atoms. The molecule has 3 heteroatoms. The van der Waals surface area contributed by atoms with Crippen LogP contribution in [0.15, 0.2) is 91.0 Å². The van der Waals surface area contributed by atoms with Gasteiger partial charge >= 0.3 is 0 Å². The Labute approximate surface area is 173 Å². The first-order chi connectivity index (χ1) is 12.6. The van der Waals surface area contributed by atoms with Gasteiger partial charge < -0.3 is 0 Å². The van der Waals surface area contributed by atoms with Crippen molar-refractivity contribution >= 4 is 55.0 Å². The van der Waals surface area contributed by atoms with E-state index in [9.17, 15) is 0 Å². The number of hydrogen-bond acceptors (Lipinski definition) is 0. The quantitative estimate of drug-likeness (QED) is 0.317. The smallest absolute Gasteiger partial charge is 0.0719 e. The van der Waals surface area contributed by atoms with E-state index in [1.165, 1.54) is 22.1 Å². The molecule has 1 fully saturated rings. The third-order valence-electron chi connectivity index (χ3n) is 5.66. The summed E-state index contributed by atoms with van der Waals surface area (Å²) in [7, 11) is -1.72. The molecular weight excluding hydrogens is 467 g/mol. The van der Waals surface area contributed by atoms with Gasteiger partial charge in [-0.05, 0) is 42.3 Å². The molecule has 0 nitrogen and oxygen atoms in total. The summed E-state index contributed by atoms with van der Waals surface area (Å²) in [5.41, 5.74) is 0. The minimum Gasteiger partial charge on any atom is -0.0719 e. The molecule has 3 aromatic rings. The van der Waals surface area contributed by atoms with Crippen LogP contribution in [0.4, 0.5) is 0 Å². The van der Waals surface area contributed by atoms with E-state index in [-0.39, 0.29) is 3.23 Å². The Hall–Kier alpha value is -0.950. The molecule has 26 heavy (non-hydrogen) atoms. The Morgan fingerprint density at radius 1 is 0.692 bits per heavy atom. The Balaban J connectivity index is 1.95. The van der Waals surface area contributed by atoms with Crippen LogP contribution in [-0.4, -0.2) is 9.40 Å². The minimum atomic E-state index is -1.72. The summed E-state index contributed by atoms with van der Waals surface area (Å²) in [5, 5.41) is 4.40. The Kier molecular flexibility index (Phi) is 5.12. The molecule has 1 aliphatic rings.